The zero-order valence-electron chi connectivity index (χ0n) is 15.2. The first-order valence-electron chi connectivity index (χ1n) is 8.61. The molecule has 0 amide bonds. The van der Waals surface area contributed by atoms with Gasteiger partial charge in [0.15, 0.2) is 0 Å². The number of imidazole rings is 1. The highest BCUT2D eigenvalue weighted by Gasteiger charge is 2.28. The summed E-state index contributed by atoms with van der Waals surface area (Å²) in [5.74, 6) is -0.717. The highest BCUT2D eigenvalue weighted by molar-refractivity contribution is 5.57. The molecule has 4 nitrogen and oxygen atoms in total. The highest BCUT2D eigenvalue weighted by atomic mass is 19.1. The van der Waals surface area contributed by atoms with Crippen LogP contribution in [0.5, 0.6) is 0 Å². The summed E-state index contributed by atoms with van der Waals surface area (Å²) in [6, 6.07) is 3.92. The fraction of sp³-hybridized carbons (Fsp3) is 0.526. The first kappa shape index (κ1) is 18.0. The van der Waals surface area contributed by atoms with Crippen LogP contribution in [0.2, 0.25) is 0 Å². The molecule has 136 valence electrons. The molecule has 25 heavy (non-hydrogen) atoms. The standard InChI is InChI=1S/C19H25F2N3O/c1-12(10-19(2,3)25-4)24-8-7-16-17(11-24)23-18(22-16)14-6-5-13(20)9-15(14)21/h5-6,9,12H,7-8,10-11H2,1-4H3,(H,22,23)/t12-/m0/s1. The molecule has 0 spiro atoms. The van der Waals surface area contributed by atoms with Crippen LogP contribution in [-0.2, 0) is 17.7 Å². The quantitative estimate of drug-likeness (QED) is 0.890. The van der Waals surface area contributed by atoms with Crippen molar-refractivity contribution < 1.29 is 13.5 Å². The Bertz CT molecular complexity index is 757. The molecule has 0 unspecified atom stereocenters. The number of ether oxygens (including phenoxy) is 1. The van der Waals surface area contributed by atoms with E-state index in [0.29, 0.717) is 17.4 Å². The number of H-pyrrole nitrogens is 1. The van der Waals surface area contributed by atoms with Gasteiger partial charge in [0.25, 0.3) is 0 Å². The summed E-state index contributed by atoms with van der Waals surface area (Å²) in [4.78, 5) is 10.1. The van der Waals surface area contributed by atoms with E-state index in [1.54, 1.807) is 7.11 Å². The highest BCUT2D eigenvalue weighted by Crippen LogP contribution is 2.27. The van der Waals surface area contributed by atoms with Crippen molar-refractivity contribution in [2.45, 2.75) is 51.8 Å². The summed E-state index contributed by atoms with van der Waals surface area (Å²) in [5, 5.41) is 0. The Morgan fingerprint density at radius 3 is 2.80 bits per heavy atom. The average Bonchev–Trinajstić information content (AvgIpc) is 2.97. The number of fused-ring (bicyclic) bond motifs is 1. The molecule has 1 aromatic heterocycles. The molecular weight excluding hydrogens is 324 g/mol. The molecular formula is C19H25F2N3O. The van der Waals surface area contributed by atoms with Crippen LogP contribution in [0.25, 0.3) is 11.4 Å². The first-order chi connectivity index (χ1) is 11.8. The molecule has 2 heterocycles. The summed E-state index contributed by atoms with van der Waals surface area (Å²) in [7, 11) is 1.74. The van der Waals surface area contributed by atoms with Gasteiger partial charge < -0.3 is 9.72 Å². The number of rotatable bonds is 5. The van der Waals surface area contributed by atoms with Crippen molar-refractivity contribution >= 4 is 0 Å². The van der Waals surface area contributed by atoms with Crippen molar-refractivity contribution in [3.05, 3.63) is 41.2 Å². The van der Waals surface area contributed by atoms with Gasteiger partial charge in [-0.1, -0.05) is 0 Å². The van der Waals surface area contributed by atoms with Crippen LogP contribution in [0.3, 0.4) is 0 Å². The summed E-state index contributed by atoms with van der Waals surface area (Å²) in [6.07, 6.45) is 1.73. The third-order valence-electron chi connectivity index (χ3n) is 5.01. The number of hydrogen-bond donors (Lipinski definition) is 1. The Kier molecular flexibility index (Phi) is 4.93. The Labute approximate surface area is 147 Å². The van der Waals surface area contributed by atoms with E-state index in [1.807, 2.05) is 0 Å². The third-order valence-corrected chi connectivity index (χ3v) is 5.01. The molecule has 0 bridgehead atoms. The molecule has 1 aromatic carbocycles. The number of methoxy groups -OCH3 is 1. The molecule has 0 aliphatic carbocycles. The van der Waals surface area contributed by atoms with Crippen molar-refractivity contribution in [1.82, 2.24) is 14.9 Å². The van der Waals surface area contributed by atoms with Gasteiger partial charge in [0.1, 0.15) is 17.5 Å². The maximum absolute atomic E-state index is 14.0. The Morgan fingerprint density at radius 1 is 1.36 bits per heavy atom. The first-order valence-corrected chi connectivity index (χ1v) is 8.61. The number of nitrogens with zero attached hydrogens (tertiary/aromatic N) is 2. The minimum atomic E-state index is -0.599. The lowest BCUT2D eigenvalue weighted by Crippen LogP contribution is -2.42. The number of hydrogen-bond acceptors (Lipinski definition) is 3. The van der Waals surface area contributed by atoms with Crippen molar-refractivity contribution in [3.8, 4) is 11.4 Å². The molecule has 1 aliphatic rings. The maximum atomic E-state index is 14.0. The van der Waals surface area contributed by atoms with Crippen molar-refractivity contribution in [3.63, 3.8) is 0 Å². The Balaban J connectivity index is 1.77. The Morgan fingerprint density at radius 2 is 2.12 bits per heavy atom. The number of halogens is 2. The topological polar surface area (TPSA) is 41.1 Å². The van der Waals surface area contributed by atoms with E-state index in [0.717, 1.165) is 43.4 Å². The average molecular weight is 349 g/mol. The molecule has 2 aromatic rings. The lowest BCUT2D eigenvalue weighted by atomic mass is 9.97. The zero-order chi connectivity index (χ0) is 18.2. The molecule has 1 N–H and O–H groups in total. The van der Waals surface area contributed by atoms with E-state index in [1.165, 1.54) is 12.1 Å². The van der Waals surface area contributed by atoms with E-state index in [9.17, 15) is 8.78 Å². The molecule has 1 atom stereocenters. The van der Waals surface area contributed by atoms with Gasteiger partial charge in [0.2, 0.25) is 0 Å². The number of aromatic amines is 1. The van der Waals surface area contributed by atoms with Crippen LogP contribution < -0.4 is 0 Å². The van der Waals surface area contributed by atoms with Crippen LogP contribution in [-0.4, -0.2) is 40.2 Å². The summed E-state index contributed by atoms with van der Waals surface area (Å²) in [5.41, 5.74) is 2.10. The lowest BCUT2D eigenvalue weighted by molar-refractivity contribution is -0.00818. The van der Waals surface area contributed by atoms with Gasteiger partial charge in [-0.2, -0.15) is 0 Å². The molecule has 0 fully saturated rings. The van der Waals surface area contributed by atoms with E-state index in [2.05, 4.69) is 35.6 Å². The van der Waals surface area contributed by atoms with Crippen molar-refractivity contribution in [2.24, 2.45) is 0 Å². The number of benzene rings is 1. The van der Waals surface area contributed by atoms with Crippen LogP contribution in [0, 0.1) is 11.6 Å². The number of aromatic nitrogens is 2. The monoisotopic (exact) mass is 349 g/mol. The minimum absolute atomic E-state index is 0.171. The van der Waals surface area contributed by atoms with Gasteiger partial charge in [-0.25, -0.2) is 13.8 Å². The molecule has 3 rings (SSSR count). The van der Waals surface area contributed by atoms with Gasteiger partial charge in [-0.15, -0.1) is 0 Å². The molecule has 0 radical (unpaired) electrons. The van der Waals surface area contributed by atoms with Crippen LogP contribution in [0.4, 0.5) is 8.78 Å². The minimum Gasteiger partial charge on any atom is -0.379 e. The van der Waals surface area contributed by atoms with Crippen LogP contribution >= 0.6 is 0 Å². The number of nitrogens with one attached hydrogen (secondary N) is 1. The third kappa shape index (κ3) is 3.90. The Hall–Kier alpha value is -1.79. The smallest absolute Gasteiger partial charge is 0.140 e. The lowest BCUT2D eigenvalue weighted by Gasteiger charge is -2.36. The van der Waals surface area contributed by atoms with Crippen LogP contribution in [0.1, 0.15) is 38.6 Å². The summed E-state index contributed by atoms with van der Waals surface area (Å²) < 4.78 is 32.6. The van der Waals surface area contributed by atoms with Crippen LogP contribution in [0.15, 0.2) is 18.2 Å². The molecule has 0 saturated heterocycles. The SMILES string of the molecule is COC(C)(C)C[C@H](C)N1CCc2nc(-c3ccc(F)cc3F)[nH]c2C1. The van der Waals surface area contributed by atoms with Crippen molar-refractivity contribution in [2.75, 3.05) is 13.7 Å². The van der Waals surface area contributed by atoms with Crippen molar-refractivity contribution in [1.29, 1.82) is 0 Å². The van der Waals surface area contributed by atoms with Gasteiger partial charge in [0, 0.05) is 38.7 Å². The van der Waals surface area contributed by atoms with Gasteiger partial charge in [-0.3, -0.25) is 4.90 Å². The zero-order valence-corrected chi connectivity index (χ0v) is 15.2. The second-order valence-electron chi connectivity index (χ2n) is 7.37. The van der Waals surface area contributed by atoms with Gasteiger partial charge >= 0.3 is 0 Å². The largest absolute Gasteiger partial charge is 0.379 e. The molecule has 6 heteroatoms. The van der Waals surface area contributed by atoms with Gasteiger partial charge in [0.05, 0.1) is 22.6 Å². The second kappa shape index (κ2) is 6.84. The predicted molar refractivity (Wildman–Crippen MR) is 93.2 cm³/mol. The summed E-state index contributed by atoms with van der Waals surface area (Å²) in [6.45, 7) is 8.02. The second-order valence-corrected chi connectivity index (χ2v) is 7.37. The molecule has 1 aliphatic heterocycles. The van der Waals surface area contributed by atoms with Gasteiger partial charge in [-0.05, 0) is 39.3 Å². The maximum Gasteiger partial charge on any atom is 0.140 e. The predicted octanol–water partition coefficient (Wildman–Crippen LogP) is 3.92. The van der Waals surface area contributed by atoms with E-state index < -0.39 is 11.6 Å². The van der Waals surface area contributed by atoms with E-state index >= 15 is 0 Å². The summed E-state index contributed by atoms with van der Waals surface area (Å²) >= 11 is 0. The fourth-order valence-electron chi connectivity index (χ4n) is 3.42. The molecule has 0 saturated carbocycles. The normalized spacial score (nSPS) is 16.7. The van der Waals surface area contributed by atoms with E-state index in [-0.39, 0.29) is 5.60 Å². The fourth-order valence-corrected chi connectivity index (χ4v) is 3.42. The van der Waals surface area contributed by atoms with E-state index in [4.69, 9.17) is 4.74 Å².